The highest BCUT2D eigenvalue weighted by molar-refractivity contribution is 6.11. The highest BCUT2D eigenvalue weighted by Gasteiger charge is 2.55. The van der Waals surface area contributed by atoms with Crippen molar-refractivity contribution in [1.29, 1.82) is 0 Å². The van der Waals surface area contributed by atoms with E-state index in [1.165, 1.54) is 0 Å². The summed E-state index contributed by atoms with van der Waals surface area (Å²) in [5.74, 6) is -3.85. The smallest absolute Gasteiger partial charge is 0.325 e. The third-order valence-electron chi connectivity index (χ3n) is 6.25. The molecular formula is C24H24F2N2O4. The fourth-order valence-electron chi connectivity index (χ4n) is 4.32. The van der Waals surface area contributed by atoms with E-state index < -0.39 is 48.6 Å². The van der Waals surface area contributed by atoms with Crippen LogP contribution in [0.4, 0.5) is 13.6 Å². The molecule has 2 N–H and O–H groups in total. The van der Waals surface area contributed by atoms with Crippen LogP contribution in [0.1, 0.15) is 41.6 Å². The number of nitrogens with one attached hydrogen (secondary N) is 1. The van der Waals surface area contributed by atoms with Gasteiger partial charge in [-0.2, -0.15) is 0 Å². The molecule has 2 aliphatic rings. The Morgan fingerprint density at radius 2 is 1.69 bits per heavy atom. The van der Waals surface area contributed by atoms with Crippen LogP contribution in [0.15, 0.2) is 48.5 Å². The fourth-order valence-corrected chi connectivity index (χ4v) is 4.32. The molecule has 1 spiro atoms. The van der Waals surface area contributed by atoms with Gasteiger partial charge in [0.2, 0.25) is 5.92 Å². The van der Waals surface area contributed by atoms with Crippen LogP contribution in [0.2, 0.25) is 0 Å². The number of rotatable bonds is 6. The van der Waals surface area contributed by atoms with Crippen molar-refractivity contribution in [2.24, 2.45) is 0 Å². The molecule has 1 aliphatic heterocycles. The quantitative estimate of drug-likeness (QED) is 0.529. The highest BCUT2D eigenvalue weighted by atomic mass is 19.3. The Labute approximate surface area is 184 Å². The number of ketones is 1. The molecule has 2 aromatic rings. The lowest BCUT2D eigenvalue weighted by Crippen LogP contribution is -2.51. The second-order valence-corrected chi connectivity index (χ2v) is 8.43. The Morgan fingerprint density at radius 1 is 1.00 bits per heavy atom. The highest BCUT2D eigenvalue weighted by Crippen LogP contribution is 2.41. The van der Waals surface area contributed by atoms with Crippen LogP contribution >= 0.6 is 0 Å². The summed E-state index contributed by atoms with van der Waals surface area (Å²) >= 11 is 0. The second kappa shape index (κ2) is 8.43. The average molecular weight is 442 g/mol. The van der Waals surface area contributed by atoms with Gasteiger partial charge in [-0.25, -0.2) is 13.6 Å². The van der Waals surface area contributed by atoms with E-state index in [1.54, 1.807) is 24.3 Å². The standard InChI is InChI=1S/C24H24F2N2O4/c25-24(26)11-9-23(10-12-24)21(31)28(22(32)27-23)15-20(30)18-6-4-17(5-7-18)19-3-1-2-16(14-19)8-13-29/h1-7,14,29H,8-13,15H2,(H,27,32). The van der Waals surface area contributed by atoms with E-state index in [4.69, 9.17) is 5.11 Å². The third kappa shape index (κ3) is 4.27. The van der Waals surface area contributed by atoms with Crippen molar-refractivity contribution in [1.82, 2.24) is 10.2 Å². The molecule has 32 heavy (non-hydrogen) atoms. The van der Waals surface area contributed by atoms with E-state index in [9.17, 15) is 23.2 Å². The molecule has 0 unspecified atom stereocenters. The number of hydrogen-bond acceptors (Lipinski definition) is 4. The molecule has 1 saturated carbocycles. The number of benzene rings is 2. The van der Waals surface area contributed by atoms with Crippen LogP contribution in [-0.4, -0.2) is 52.3 Å². The number of aliphatic hydroxyl groups is 1. The monoisotopic (exact) mass is 442 g/mol. The molecule has 1 heterocycles. The molecule has 0 aromatic heterocycles. The maximum absolute atomic E-state index is 13.5. The summed E-state index contributed by atoms with van der Waals surface area (Å²) in [6, 6.07) is 13.8. The summed E-state index contributed by atoms with van der Waals surface area (Å²) in [5, 5.41) is 11.7. The molecule has 168 valence electrons. The van der Waals surface area contributed by atoms with Gasteiger partial charge in [0.25, 0.3) is 5.91 Å². The van der Waals surface area contributed by atoms with Gasteiger partial charge in [0.1, 0.15) is 5.54 Å². The number of alkyl halides is 2. The van der Waals surface area contributed by atoms with Crippen molar-refractivity contribution >= 4 is 17.7 Å². The summed E-state index contributed by atoms with van der Waals surface area (Å²) in [6.07, 6.45) is -0.669. The van der Waals surface area contributed by atoms with Gasteiger partial charge in [-0.15, -0.1) is 0 Å². The maximum atomic E-state index is 13.5. The summed E-state index contributed by atoms with van der Waals surface area (Å²) < 4.78 is 27.0. The van der Waals surface area contributed by atoms with E-state index in [0.29, 0.717) is 12.0 Å². The van der Waals surface area contributed by atoms with Crippen LogP contribution in [-0.2, 0) is 11.2 Å². The molecule has 6 nitrogen and oxygen atoms in total. The van der Waals surface area contributed by atoms with Crippen LogP contribution in [0, 0.1) is 0 Å². The zero-order valence-electron chi connectivity index (χ0n) is 17.4. The van der Waals surface area contributed by atoms with Gasteiger partial charge >= 0.3 is 6.03 Å². The van der Waals surface area contributed by atoms with Gasteiger partial charge in [-0.3, -0.25) is 14.5 Å². The van der Waals surface area contributed by atoms with Crippen LogP contribution in [0.3, 0.4) is 0 Å². The zero-order valence-corrected chi connectivity index (χ0v) is 17.4. The van der Waals surface area contributed by atoms with Crippen LogP contribution in [0.5, 0.6) is 0 Å². The number of nitrogens with zero attached hydrogens (tertiary/aromatic N) is 1. The molecular weight excluding hydrogens is 418 g/mol. The summed E-state index contributed by atoms with van der Waals surface area (Å²) in [7, 11) is 0. The van der Waals surface area contributed by atoms with Gasteiger partial charge < -0.3 is 10.4 Å². The lowest BCUT2D eigenvalue weighted by Gasteiger charge is -2.34. The first-order valence-electron chi connectivity index (χ1n) is 10.6. The Bertz CT molecular complexity index is 1040. The number of amides is 3. The predicted molar refractivity (Wildman–Crippen MR) is 113 cm³/mol. The Kier molecular flexibility index (Phi) is 5.81. The normalized spacial score (nSPS) is 19.3. The third-order valence-corrected chi connectivity index (χ3v) is 6.25. The molecule has 2 fully saturated rings. The Balaban J connectivity index is 1.45. The van der Waals surface area contributed by atoms with Crippen molar-refractivity contribution < 1.29 is 28.3 Å². The van der Waals surface area contributed by atoms with E-state index in [0.717, 1.165) is 21.6 Å². The Morgan fingerprint density at radius 3 is 2.34 bits per heavy atom. The molecule has 0 atom stereocenters. The van der Waals surface area contributed by atoms with Crippen LogP contribution in [0.25, 0.3) is 11.1 Å². The number of urea groups is 1. The van der Waals surface area contributed by atoms with Gasteiger partial charge in [0.05, 0.1) is 6.54 Å². The first-order chi connectivity index (χ1) is 15.2. The predicted octanol–water partition coefficient (Wildman–Crippen LogP) is 3.57. The maximum Gasteiger partial charge on any atom is 0.325 e. The first kappa shape index (κ1) is 22.1. The van der Waals surface area contributed by atoms with Gasteiger partial charge in [0.15, 0.2) is 5.78 Å². The van der Waals surface area contributed by atoms with E-state index >= 15 is 0 Å². The summed E-state index contributed by atoms with van der Waals surface area (Å²) in [6.45, 7) is -0.377. The minimum atomic E-state index is -2.83. The molecule has 4 rings (SSSR count). The van der Waals surface area contributed by atoms with Gasteiger partial charge in [-0.1, -0.05) is 48.5 Å². The number of aliphatic hydroxyl groups excluding tert-OH is 1. The van der Waals surface area contributed by atoms with Crippen molar-refractivity contribution in [3.8, 4) is 11.1 Å². The van der Waals surface area contributed by atoms with Gasteiger partial charge in [0, 0.05) is 25.0 Å². The number of carbonyl (C=O) groups excluding carboxylic acids is 3. The molecule has 8 heteroatoms. The average Bonchev–Trinajstić information content (AvgIpc) is 3.01. The van der Waals surface area contributed by atoms with E-state index in [1.807, 2.05) is 24.3 Å². The number of imide groups is 1. The molecule has 0 bridgehead atoms. The molecule has 2 aromatic carbocycles. The van der Waals surface area contributed by atoms with Crippen molar-refractivity contribution in [3.05, 3.63) is 59.7 Å². The number of carbonyl (C=O) groups is 3. The number of Topliss-reactive ketones (excluding diaryl/α,β-unsaturated/α-hetero) is 1. The largest absolute Gasteiger partial charge is 0.396 e. The SMILES string of the molecule is O=C(CN1C(=O)NC2(CCC(F)(F)CC2)C1=O)c1ccc(-c2cccc(CCO)c2)cc1. The van der Waals surface area contributed by atoms with Gasteiger partial charge in [-0.05, 0) is 36.0 Å². The van der Waals surface area contributed by atoms with Crippen molar-refractivity contribution in [3.63, 3.8) is 0 Å². The minimum absolute atomic E-state index is 0.0589. The van der Waals surface area contributed by atoms with E-state index in [2.05, 4.69) is 5.32 Å². The van der Waals surface area contributed by atoms with E-state index in [-0.39, 0.29) is 19.4 Å². The Hall–Kier alpha value is -3.13. The first-order valence-corrected chi connectivity index (χ1v) is 10.6. The summed E-state index contributed by atoms with van der Waals surface area (Å²) in [5.41, 5.74) is 1.84. The number of hydrogen-bond donors (Lipinski definition) is 2. The number of halogens is 2. The molecule has 3 amide bonds. The zero-order chi connectivity index (χ0) is 22.9. The molecule has 1 aliphatic carbocycles. The van der Waals surface area contributed by atoms with Crippen molar-refractivity contribution in [2.45, 2.75) is 43.6 Å². The fraction of sp³-hybridized carbons (Fsp3) is 0.375. The molecule has 1 saturated heterocycles. The second-order valence-electron chi connectivity index (χ2n) is 8.43. The summed E-state index contributed by atoms with van der Waals surface area (Å²) in [4.78, 5) is 38.7. The lowest BCUT2D eigenvalue weighted by atomic mass is 9.80. The van der Waals surface area contributed by atoms with Crippen LogP contribution < -0.4 is 5.32 Å². The van der Waals surface area contributed by atoms with Crippen molar-refractivity contribution in [2.75, 3.05) is 13.2 Å². The molecule has 0 radical (unpaired) electrons. The topological polar surface area (TPSA) is 86.7 Å². The lowest BCUT2D eigenvalue weighted by molar-refractivity contribution is -0.135. The minimum Gasteiger partial charge on any atom is -0.396 e.